The Bertz CT molecular complexity index is 2740. The highest BCUT2D eigenvalue weighted by molar-refractivity contribution is 6.24. The number of halogens is 6. The normalized spacial score (nSPS) is 15.2. The van der Waals surface area contributed by atoms with Crippen molar-refractivity contribution in [2.45, 2.75) is 57.2 Å². The van der Waals surface area contributed by atoms with Crippen molar-refractivity contribution in [2.75, 3.05) is 52.8 Å². The minimum absolute atomic E-state index is 0.0427. The van der Waals surface area contributed by atoms with Crippen LogP contribution in [0.2, 0.25) is 0 Å². The van der Waals surface area contributed by atoms with Crippen LogP contribution in [0.4, 0.5) is 26.3 Å². The number of aryl methyl sites for hydroxylation is 1. The second-order valence-electron chi connectivity index (χ2n) is 15.8. The van der Waals surface area contributed by atoms with Crippen LogP contribution in [0.5, 0.6) is 17.2 Å². The van der Waals surface area contributed by atoms with Crippen LogP contribution in [-0.2, 0) is 61.1 Å². The summed E-state index contributed by atoms with van der Waals surface area (Å²) in [7, 11) is 1.22. The molecule has 1 fully saturated rings. The first-order valence-electron chi connectivity index (χ1n) is 21.6. The summed E-state index contributed by atoms with van der Waals surface area (Å²) >= 11 is 0. The van der Waals surface area contributed by atoms with Crippen molar-refractivity contribution in [2.24, 2.45) is 7.05 Å². The quantitative estimate of drug-likeness (QED) is 0.0403. The van der Waals surface area contributed by atoms with Gasteiger partial charge in [-0.2, -0.15) is 31.4 Å². The zero-order valence-corrected chi connectivity index (χ0v) is 37.2. The van der Waals surface area contributed by atoms with Gasteiger partial charge in [0.15, 0.2) is 11.5 Å². The molecule has 1 atom stereocenters. The number of nitrogens with zero attached hydrogens (tertiary/aromatic N) is 7. The van der Waals surface area contributed by atoms with E-state index in [2.05, 4.69) is 25.7 Å². The predicted octanol–water partition coefficient (Wildman–Crippen LogP) is 4.98. The molecule has 2 N–H and O–H groups in total. The van der Waals surface area contributed by atoms with Crippen LogP contribution in [-0.4, -0.2) is 128 Å². The van der Waals surface area contributed by atoms with Gasteiger partial charge in [-0.05, 0) is 49.2 Å². The molecule has 70 heavy (non-hydrogen) atoms. The molecule has 1 aliphatic carbocycles. The summed E-state index contributed by atoms with van der Waals surface area (Å²) in [6.07, 6.45) is -6.24. The second kappa shape index (κ2) is 22.0. The molecule has 2 aliphatic rings. The van der Waals surface area contributed by atoms with Crippen LogP contribution in [0, 0.1) is 0 Å². The van der Waals surface area contributed by atoms with E-state index in [1.165, 1.54) is 36.0 Å². The van der Waals surface area contributed by atoms with Gasteiger partial charge in [-0.15, -0.1) is 5.10 Å². The summed E-state index contributed by atoms with van der Waals surface area (Å²) in [5.41, 5.74) is -2.56. The molecule has 0 spiro atoms. The lowest BCUT2D eigenvalue weighted by atomic mass is 9.92. The van der Waals surface area contributed by atoms with Crippen molar-refractivity contribution in [3.05, 3.63) is 89.1 Å². The van der Waals surface area contributed by atoms with Gasteiger partial charge in [0, 0.05) is 43.5 Å². The number of Topliss-reactive ketones (excluding diaryl/α,β-unsaturated/α-hetero) is 2. The van der Waals surface area contributed by atoms with Gasteiger partial charge in [0.25, 0.3) is 11.8 Å². The van der Waals surface area contributed by atoms with Gasteiger partial charge in [0.05, 0.1) is 92.8 Å². The predicted molar refractivity (Wildman–Crippen MR) is 228 cm³/mol. The molecule has 1 aliphatic heterocycles. The zero-order valence-electron chi connectivity index (χ0n) is 37.2. The molecule has 3 aromatic heterocycles. The standard InChI is InChI=1S/C45H44F6N8O11/c1-57-33(20-37(55-57)45(49,50)51)30-7-9-36(39(41(30)63)26-18-27(22-52-21-26)44(46,47)48)69-12-3-10-53-38(62)25-68-17-16-67-15-14-66-13-11-58-23-28(54-56-58)24-70-35-5-2-4-31-40(35)43(65)59(42(31)64)32-8-6-29(60)19-34(32)61/h2,4-5,7,9,18,20-23,32,63H,3,6,8,10-17,19,24-25H2,1H3,(H,53,62). The Morgan fingerprint density at radius 1 is 0.843 bits per heavy atom. The maximum atomic E-state index is 13.6. The number of aromatic nitrogens is 6. The molecule has 3 amide bonds. The van der Waals surface area contributed by atoms with Crippen molar-refractivity contribution < 1.29 is 79.1 Å². The number of imide groups is 1. The van der Waals surface area contributed by atoms with Crippen LogP contribution >= 0.6 is 0 Å². The first-order valence-corrected chi connectivity index (χ1v) is 21.6. The Hall–Kier alpha value is -7.25. The number of phenols is 1. The lowest BCUT2D eigenvalue weighted by Gasteiger charge is -2.27. The highest BCUT2D eigenvalue weighted by atomic mass is 19.4. The van der Waals surface area contributed by atoms with Crippen LogP contribution in [0.3, 0.4) is 0 Å². The summed E-state index contributed by atoms with van der Waals surface area (Å²) in [4.78, 5) is 67.5. The molecule has 5 aromatic rings. The molecule has 2 aromatic carbocycles. The lowest BCUT2D eigenvalue weighted by Crippen LogP contribution is -2.47. The molecule has 0 bridgehead atoms. The maximum Gasteiger partial charge on any atom is 0.435 e. The summed E-state index contributed by atoms with van der Waals surface area (Å²) in [5.74, 6) is -3.02. The summed E-state index contributed by atoms with van der Waals surface area (Å²) in [6.45, 7) is 1.02. The SMILES string of the molecule is Cn1nc(C(F)(F)F)cc1-c1ccc(OCCCNC(=O)COCCOCCOCCn2cc(COc3cccc4c3C(=O)N(C3CCC(=O)CC3=O)C4=O)nn2)c(-c2cncc(C(F)(F)F)c2)c1O. The molecule has 0 saturated heterocycles. The van der Waals surface area contributed by atoms with Crippen LogP contribution in [0.15, 0.2) is 61.1 Å². The van der Waals surface area contributed by atoms with Gasteiger partial charge in [0.1, 0.15) is 41.9 Å². The number of carbonyl (C=O) groups is 5. The van der Waals surface area contributed by atoms with Crippen molar-refractivity contribution in [3.8, 4) is 39.6 Å². The van der Waals surface area contributed by atoms with E-state index in [9.17, 15) is 55.4 Å². The number of phenolic OH excluding ortho intramolecular Hbond substituents is 1. The molecular formula is C45H44F6N8O11. The average molecular weight is 987 g/mol. The molecule has 372 valence electrons. The third-order valence-electron chi connectivity index (χ3n) is 10.9. The van der Waals surface area contributed by atoms with Gasteiger partial charge in [0.2, 0.25) is 5.91 Å². The number of hydrogen-bond acceptors (Lipinski definition) is 15. The fraction of sp³-hybridized carbons (Fsp3) is 0.400. The van der Waals surface area contributed by atoms with E-state index >= 15 is 0 Å². The molecule has 1 unspecified atom stereocenters. The van der Waals surface area contributed by atoms with Gasteiger partial charge in [-0.25, -0.2) is 4.68 Å². The molecule has 19 nitrogen and oxygen atoms in total. The van der Waals surface area contributed by atoms with Crippen molar-refractivity contribution >= 4 is 29.3 Å². The number of carbonyl (C=O) groups excluding carboxylic acids is 5. The van der Waals surface area contributed by atoms with Gasteiger partial charge >= 0.3 is 12.4 Å². The molecule has 1 saturated carbocycles. The van der Waals surface area contributed by atoms with Gasteiger partial charge in [-0.1, -0.05) is 11.3 Å². The van der Waals surface area contributed by atoms with Gasteiger partial charge in [-0.3, -0.25) is 38.5 Å². The second-order valence-corrected chi connectivity index (χ2v) is 15.8. The third kappa shape index (κ3) is 12.1. The first-order chi connectivity index (χ1) is 33.4. The minimum atomic E-state index is -4.80. The van der Waals surface area contributed by atoms with E-state index in [0.29, 0.717) is 24.5 Å². The average Bonchev–Trinajstić information content (AvgIpc) is 4.01. The summed E-state index contributed by atoms with van der Waals surface area (Å²) in [5, 5.41) is 25.5. The summed E-state index contributed by atoms with van der Waals surface area (Å²) in [6, 6.07) is 7.55. The Morgan fingerprint density at radius 2 is 1.59 bits per heavy atom. The van der Waals surface area contributed by atoms with Crippen LogP contribution in [0.1, 0.15) is 63.4 Å². The van der Waals surface area contributed by atoms with E-state index in [1.54, 1.807) is 12.3 Å². The van der Waals surface area contributed by atoms with E-state index in [4.69, 9.17) is 23.7 Å². The highest BCUT2D eigenvalue weighted by Crippen LogP contribution is 2.46. The Kier molecular flexibility index (Phi) is 15.9. The van der Waals surface area contributed by atoms with E-state index in [1.807, 2.05) is 0 Å². The first kappa shape index (κ1) is 50.6. The van der Waals surface area contributed by atoms with Crippen molar-refractivity contribution in [3.63, 3.8) is 0 Å². The number of aromatic hydroxyl groups is 1. The van der Waals surface area contributed by atoms with Crippen LogP contribution in [0.25, 0.3) is 22.4 Å². The number of alkyl halides is 6. The number of rotatable bonds is 22. The largest absolute Gasteiger partial charge is 0.506 e. The molecule has 25 heteroatoms. The Labute approximate surface area is 393 Å². The number of ketones is 2. The number of benzene rings is 2. The number of ether oxygens (including phenoxy) is 5. The molecular weight excluding hydrogens is 943 g/mol. The fourth-order valence-electron chi connectivity index (χ4n) is 7.54. The minimum Gasteiger partial charge on any atom is -0.506 e. The number of fused-ring (bicyclic) bond motifs is 1. The highest BCUT2D eigenvalue weighted by Gasteiger charge is 2.46. The van der Waals surface area contributed by atoms with Crippen molar-refractivity contribution in [1.82, 2.24) is 40.0 Å². The topological polar surface area (TPSA) is 228 Å². The number of nitrogens with one attached hydrogen (secondary N) is 1. The van der Waals surface area contributed by atoms with E-state index in [-0.39, 0.29) is 136 Å². The van der Waals surface area contributed by atoms with E-state index < -0.39 is 58.9 Å². The summed E-state index contributed by atoms with van der Waals surface area (Å²) < 4.78 is 111. The smallest absolute Gasteiger partial charge is 0.435 e. The zero-order chi connectivity index (χ0) is 50.2. The van der Waals surface area contributed by atoms with Gasteiger partial charge < -0.3 is 34.1 Å². The Balaban J connectivity index is 0.767. The number of pyridine rings is 1. The van der Waals surface area contributed by atoms with Crippen molar-refractivity contribution in [1.29, 1.82) is 0 Å². The Morgan fingerprint density at radius 3 is 2.31 bits per heavy atom. The number of hydrogen-bond donors (Lipinski definition) is 2. The molecule has 7 rings (SSSR count). The monoisotopic (exact) mass is 986 g/mol. The molecule has 0 radical (unpaired) electrons. The lowest BCUT2D eigenvalue weighted by molar-refractivity contribution is -0.141. The third-order valence-corrected chi connectivity index (χ3v) is 10.9. The number of amides is 3. The van der Waals surface area contributed by atoms with E-state index in [0.717, 1.165) is 21.8 Å². The fourth-order valence-corrected chi connectivity index (χ4v) is 7.54. The molecule has 4 heterocycles. The van der Waals surface area contributed by atoms with Crippen LogP contribution < -0.4 is 14.8 Å². The maximum absolute atomic E-state index is 13.6.